The number of para-hydroxylation sites is 1. The number of benzene rings is 9. The molecule has 11 rings (SSSR count). The maximum atomic E-state index is 6.91. The molecule has 1 heteroatoms. The Kier molecular flexibility index (Phi) is 7.06. The monoisotopic (exact) mass is 700 g/mol. The Hall–Kier alpha value is -6.96. The molecule has 1 aliphatic heterocycles. The van der Waals surface area contributed by atoms with Crippen molar-refractivity contribution in [3.63, 3.8) is 0 Å². The van der Waals surface area contributed by atoms with Crippen molar-refractivity contribution in [3.8, 4) is 33.8 Å². The molecule has 1 heterocycles. The summed E-state index contributed by atoms with van der Waals surface area (Å²) in [6, 6.07) is 79.9. The molecule has 0 saturated heterocycles. The number of rotatable bonds is 5. The van der Waals surface area contributed by atoms with Gasteiger partial charge in [-0.15, -0.1) is 0 Å². The molecular formula is C54H36O. The maximum Gasteiger partial charge on any atom is 0.132 e. The summed E-state index contributed by atoms with van der Waals surface area (Å²) < 4.78 is 6.91. The van der Waals surface area contributed by atoms with Crippen LogP contribution in [0.5, 0.6) is 11.5 Å². The molecule has 0 unspecified atom stereocenters. The maximum absolute atomic E-state index is 6.91. The van der Waals surface area contributed by atoms with Crippen LogP contribution in [-0.2, 0) is 10.8 Å². The number of hydrogen-bond donors (Lipinski definition) is 0. The molecule has 0 saturated carbocycles. The average molecular weight is 701 g/mol. The fourth-order valence-electron chi connectivity index (χ4n) is 9.84. The zero-order valence-corrected chi connectivity index (χ0v) is 30.2. The largest absolute Gasteiger partial charge is 0.457 e. The van der Waals surface area contributed by atoms with Crippen molar-refractivity contribution in [1.82, 2.24) is 0 Å². The summed E-state index contributed by atoms with van der Waals surface area (Å²) in [6.45, 7) is 0. The molecular weight excluding hydrogens is 665 g/mol. The standard InChI is InChI=1S/C54H36O/c1-5-18-40(19-6-1)53(41-20-7-2-8-21-41)47-27-15-16-28-50(47)55-51-36-39(31-34-48(51)53)38-30-32-45-46-33-29-37-17-13-14-26-44(37)52(46)54(49(45)35-38,42-22-9-3-10-23-42)43-24-11-4-12-25-43/h1-36H. The third-order valence-corrected chi connectivity index (χ3v) is 12.1. The molecule has 9 aromatic carbocycles. The molecule has 0 aromatic heterocycles. The van der Waals surface area contributed by atoms with Crippen LogP contribution in [0.15, 0.2) is 218 Å². The van der Waals surface area contributed by atoms with Crippen molar-refractivity contribution in [2.24, 2.45) is 0 Å². The minimum absolute atomic E-state index is 0.524. The van der Waals surface area contributed by atoms with Crippen molar-refractivity contribution in [2.75, 3.05) is 0 Å². The van der Waals surface area contributed by atoms with Gasteiger partial charge in [-0.3, -0.25) is 0 Å². The predicted molar refractivity (Wildman–Crippen MR) is 225 cm³/mol. The molecule has 258 valence electrons. The Labute approximate surface area is 321 Å². The van der Waals surface area contributed by atoms with Crippen LogP contribution in [-0.4, -0.2) is 0 Å². The first-order chi connectivity index (χ1) is 27.3. The fourth-order valence-corrected chi connectivity index (χ4v) is 9.84. The van der Waals surface area contributed by atoms with Crippen LogP contribution < -0.4 is 4.74 Å². The van der Waals surface area contributed by atoms with Gasteiger partial charge in [0.15, 0.2) is 0 Å². The van der Waals surface area contributed by atoms with Crippen LogP contribution in [0.1, 0.15) is 44.5 Å². The van der Waals surface area contributed by atoms with Gasteiger partial charge >= 0.3 is 0 Å². The van der Waals surface area contributed by atoms with E-state index in [2.05, 4.69) is 218 Å². The fraction of sp³-hybridized carbons (Fsp3) is 0.0370. The molecule has 1 aliphatic carbocycles. The minimum Gasteiger partial charge on any atom is -0.457 e. The summed E-state index contributed by atoms with van der Waals surface area (Å²) in [5.41, 5.74) is 13.6. The van der Waals surface area contributed by atoms with Gasteiger partial charge in [0.25, 0.3) is 0 Å². The lowest BCUT2D eigenvalue weighted by Crippen LogP contribution is -2.34. The second-order valence-corrected chi connectivity index (χ2v) is 14.7. The molecule has 0 radical (unpaired) electrons. The Balaban J connectivity index is 1.17. The van der Waals surface area contributed by atoms with Gasteiger partial charge in [0.1, 0.15) is 11.5 Å². The lowest BCUT2D eigenvalue weighted by Gasteiger charge is -2.41. The zero-order chi connectivity index (χ0) is 36.4. The van der Waals surface area contributed by atoms with Crippen LogP contribution >= 0.6 is 0 Å². The van der Waals surface area contributed by atoms with Crippen LogP contribution in [0.2, 0.25) is 0 Å². The summed E-state index contributed by atoms with van der Waals surface area (Å²) in [4.78, 5) is 0. The van der Waals surface area contributed by atoms with E-state index in [0.717, 1.165) is 33.8 Å². The highest BCUT2D eigenvalue weighted by Crippen LogP contribution is 2.60. The van der Waals surface area contributed by atoms with Crippen molar-refractivity contribution in [2.45, 2.75) is 10.8 Å². The SMILES string of the molecule is c1ccc(C2(c3ccccc3)c3ccccc3Oc3cc(-c4ccc5c(c4)C(c4ccccc4)(c4ccccc4)c4c-5ccc5ccccc45)ccc32)cc1. The first-order valence-corrected chi connectivity index (χ1v) is 19.1. The lowest BCUT2D eigenvalue weighted by atomic mass is 9.63. The molecule has 0 amide bonds. The highest BCUT2D eigenvalue weighted by Gasteiger charge is 2.48. The van der Waals surface area contributed by atoms with E-state index >= 15 is 0 Å². The van der Waals surface area contributed by atoms with Crippen molar-refractivity contribution in [1.29, 1.82) is 0 Å². The number of ether oxygens (including phenoxy) is 1. The smallest absolute Gasteiger partial charge is 0.132 e. The summed E-state index contributed by atoms with van der Waals surface area (Å²) >= 11 is 0. The van der Waals surface area contributed by atoms with E-state index in [9.17, 15) is 0 Å². The van der Waals surface area contributed by atoms with Gasteiger partial charge < -0.3 is 4.74 Å². The normalized spacial score (nSPS) is 14.3. The van der Waals surface area contributed by atoms with E-state index in [-0.39, 0.29) is 0 Å². The average Bonchev–Trinajstić information content (AvgIpc) is 3.57. The zero-order valence-electron chi connectivity index (χ0n) is 30.2. The molecule has 1 nitrogen and oxygen atoms in total. The second kappa shape index (κ2) is 12.3. The van der Waals surface area contributed by atoms with Gasteiger partial charge in [-0.1, -0.05) is 200 Å². The molecule has 2 aliphatic rings. The van der Waals surface area contributed by atoms with Crippen LogP contribution in [0, 0.1) is 0 Å². The van der Waals surface area contributed by atoms with E-state index < -0.39 is 10.8 Å². The van der Waals surface area contributed by atoms with Gasteiger partial charge in [-0.2, -0.15) is 0 Å². The molecule has 0 fully saturated rings. The first-order valence-electron chi connectivity index (χ1n) is 19.1. The molecule has 55 heavy (non-hydrogen) atoms. The summed E-state index contributed by atoms with van der Waals surface area (Å²) in [5, 5.41) is 2.53. The molecule has 9 aromatic rings. The Morgan fingerprint density at radius 3 is 1.45 bits per heavy atom. The van der Waals surface area contributed by atoms with Crippen molar-refractivity contribution in [3.05, 3.63) is 263 Å². The van der Waals surface area contributed by atoms with E-state index in [1.807, 2.05) is 0 Å². The number of hydrogen-bond acceptors (Lipinski definition) is 1. The third-order valence-electron chi connectivity index (χ3n) is 12.1. The predicted octanol–water partition coefficient (Wildman–Crippen LogP) is 13.4. The van der Waals surface area contributed by atoms with Crippen LogP contribution in [0.4, 0.5) is 0 Å². The molecule has 0 spiro atoms. The molecule has 0 atom stereocenters. The van der Waals surface area contributed by atoms with E-state index in [1.165, 1.54) is 55.3 Å². The highest BCUT2D eigenvalue weighted by molar-refractivity contribution is 6.00. The van der Waals surface area contributed by atoms with Gasteiger partial charge in [0, 0.05) is 11.1 Å². The quantitative estimate of drug-likeness (QED) is 0.174. The van der Waals surface area contributed by atoms with Gasteiger partial charge in [0.2, 0.25) is 0 Å². The Morgan fingerprint density at radius 2 is 0.800 bits per heavy atom. The summed E-state index contributed by atoms with van der Waals surface area (Å²) in [7, 11) is 0. The molecule has 0 bridgehead atoms. The first kappa shape index (κ1) is 31.6. The van der Waals surface area contributed by atoms with Crippen molar-refractivity contribution >= 4 is 10.8 Å². The van der Waals surface area contributed by atoms with Crippen molar-refractivity contribution < 1.29 is 4.74 Å². The van der Waals surface area contributed by atoms with Crippen LogP contribution in [0.3, 0.4) is 0 Å². The van der Waals surface area contributed by atoms with E-state index in [1.54, 1.807) is 0 Å². The Bertz CT molecular complexity index is 2800. The number of fused-ring (bicyclic) bond motifs is 7. The minimum atomic E-state index is -0.554. The highest BCUT2D eigenvalue weighted by atomic mass is 16.5. The van der Waals surface area contributed by atoms with Gasteiger partial charge in [-0.05, 0) is 84.6 Å². The molecule has 0 N–H and O–H groups in total. The van der Waals surface area contributed by atoms with E-state index in [4.69, 9.17) is 4.74 Å². The Morgan fingerprint density at radius 1 is 0.309 bits per heavy atom. The van der Waals surface area contributed by atoms with Gasteiger partial charge in [0.05, 0.1) is 10.8 Å². The van der Waals surface area contributed by atoms with Gasteiger partial charge in [-0.25, -0.2) is 0 Å². The van der Waals surface area contributed by atoms with Crippen LogP contribution in [0.25, 0.3) is 33.0 Å². The lowest BCUT2D eigenvalue weighted by molar-refractivity contribution is 0.435. The topological polar surface area (TPSA) is 9.23 Å². The van der Waals surface area contributed by atoms with E-state index in [0.29, 0.717) is 0 Å². The third kappa shape index (κ3) is 4.47. The summed E-state index contributed by atoms with van der Waals surface area (Å²) in [6.07, 6.45) is 0. The second-order valence-electron chi connectivity index (χ2n) is 14.7. The summed E-state index contributed by atoms with van der Waals surface area (Å²) in [5.74, 6) is 1.75.